The highest BCUT2D eigenvalue weighted by Gasteiger charge is 2.13. The van der Waals surface area contributed by atoms with E-state index in [1.807, 2.05) is 36.4 Å². The van der Waals surface area contributed by atoms with Crippen LogP contribution >= 0.6 is 0 Å². The van der Waals surface area contributed by atoms with Crippen LogP contribution in [0.5, 0.6) is 0 Å². The minimum absolute atomic E-state index is 0.126. The number of rotatable bonds is 7. The van der Waals surface area contributed by atoms with Crippen LogP contribution in [0.1, 0.15) is 15.9 Å². The number of amides is 2. The van der Waals surface area contributed by atoms with Crippen molar-refractivity contribution in [1.82, 2.24) is 10.6 Å². The molecular weight excluding hydrogens is 292 g/mol. The third kappa shape index (κ3) is 5.56. The summed E-state index contributed by atoms with van der Waals surface area (Å²) in [4.78, 5) is 23.8. The first-order chi connectivity index (χ1) is 11.2. The molecule has 2 amide bonds. The Morgan fingerprint density at radius 1 is 0.957 bits per heavy atom. The third-order valence-electron chi connectivity index (χ3n) is 3.36. The molecule has 5 heteroatoms. The molecule has 23 heavy (non-hydrogen) atoms. The minimum atomic E-state index is -0.376. The van der Waals surface area contributed by atoms with E-state index in [4.69, 9.17) is 0 Å². The summed E-state index contributed by atoms with van der Waals surface area (Å²) in [6.07, 6.45) is 0.537. The smallest absolute Gasteiger partial charge is 0.251 e. The number of hydrogen-bond acceptors (Lipinski definition) is 3. The lowest BCUT2D eigenvalue weighted by Gasteiger charge is -2.16. The van der Waals surface area contributed by atoms with E-state index in [0.717, 1.165) is 5.56 Å². The van der Waals surface area contributed by atoms with E-state index in [2.05, 4.69) is 10.6 Å². The van der Waals surface area contributed by atoms with Crippen LogP contribution in [0.4, 0.5) is 0 Å². The Hall–Kier alpha value is -2.66. The first-order valence-electron chi connectivity index (χ1n) is 7.46. The van der Waals surface area contributed by atoms with Gasteiger partial charge in [-0.1, -0.05) is 48.5 Å². The maximum Gasteiger partial charge on any atom is 0.251 e. The topological polar surface area (TPSA) is 78.4 Å². The number of carbonyl (C=O) groups excluding carboxylic acids is 2. The molecule has 0 bridgehead atoms. The Morgan fingerprint density at radius 2 is 1.57 bits per heavy atom. The average Bonchev–Trinajstić information content (AvgIpc) is 2.60. The molecule has 0 aliphatic heterocycles. The van der Waals surface area contributed by atoms with Gasteiger partial charge in [0.2, 0.25) is 5.91 Å². The van der Waals surface area contributed by atoms with Crippen molar-refractivity contribution in [3.63, 3.8) is 0 Å². The number of hydrogen-bond donors (Lipinski definition) is 3. The fourth-order valence-electron chi connectivity index (χ4n) is 2.19. The first kappa shape index (κ1) is 16.7. The molecule has 0 saturated heterocycles. The van der Waals surface area contributed by atoms with Gasteiger partial charge in [-0.05, 0) is 24.1 Å². The molecule has 1 atom stereocenters. The zero-order valence-electron chi connectivity index (χ0n) is 12.7. The summed E-state index contributed by atoms with van der Waals surface area (Å²) in [6.45, 7) is -0.285. The third-order valence-corrected chi connectivity index (χ3v) is 3.36. The molecule has 2 aromatic carbocycles. The van der Waals surface area contributed by atoms with Gasteiger partial charge in [0.15, 0.2) is 0 Å². The van der Waals surface area contributed by atoms with Gasteiger partial charge < -0.3 is 15.7 Å². The fourth-order valence-corrected chi connectivity index (χ4v) is 2.19. The van der Waals surface area contributed by atoms with Crippen molar-refractivity contribution in [3.8, 4) is 0 Å². The lowest BCUT2D eigenvalue weighted by molar-refractivity contribution is -0.121. The molecule has 3 N–H and O–H groups in total. The summed E-state index contributed by atoms with van der Waals surface area (Å²) < 4.78 is 0. The van der Waals surface area contributed by atoms with Gasteiger partial charge in [0.1, 0.15) is 0 Å². The van der Waals surface area contributed by atoms with Crippen LogP contribution < -0.4 is 10.6 Å². The predicted octanol–water partition coefficient (Wildman–Crippen LogP) is 1.14. The number of nitrogens with one attached hydrogen (secondary N) is 2. The first-order valence-corrected chi connectivity index (χ1v) is 7.46. The maximum absolute atomic E-state index is 11.9. The summed E-state index contributed by atoms with van der Waals surface area (Å²) in [5.74, 6) is -0.631. The highest BCUT2D eigenvalue weighted by molar-refractivity contribution is 5.96. The zero-order valence-corrected chi connectivity index (χ0v) is 12.7. The SMILES string of the molecule is O=C(CNC(=O)c1ccccc1)NC(CO)Cc1ccccc1. The van der Waals surface area contributed by atoms with Crippen LogP contribution in [0, 0.1) is 0 Å². The normalized spacial score (nSPS) is 11.5. The minimum Gasteiger partial charge on any atom is -0.394 e. The van der Waals surface area contributed by atoms with Crippen molar-refractivity contribution < 1.29 is 14.7 Å². The fraction of sp³-hybridized carbons (Fsp3) is 0.222. The molecule has 0 aliphatic rings. The lowest BCUT2D eigenvalue weighted by atomic mass is 10.1. The zero-order chi connectivity index (χ0) is 16.5. The number of aliphatic hydroxyl groups is 1. The Balaban J connectivity index is 1.80. The van der Waals surface area contributed by atoms with Crippen molar-refractivity contribution in [3.05, 3.63) is 71.8 Å². The number of benzene rings is 2. The summed E-state index contributed by atoms with van der Waals surface area (Å²) in [5.41, 5.74) is 1.53. The molecule has 0 aliphatic carbocycles. The van der Waals surface area contributed by atoms with E-state index in [1.165, 1.54) is 0 Å². The molecule has 0 spiro atoms. The Labute approximate surface area is 135 Å². The van der Waals surface area contributed by atoms with Gasteiger partial charge >= 0.3 is 0 Å². The highest BCUT2D eigenvalue weighted by Crippen LogP contribution is 2.03. The van der Waals surface area contributed by atoms with Crippen molar-refractivity contribution in [2.75, 3.05) is 13.2 Å². The molecule has 0 heterocycles. The van der Waals surface area contributed by atoms with Crippen molar-refractivity contribution >= 4 is 11.8 Å². The van der Waals surface area contributed by atoms with Crippen molar-refractivity contribution in [1.29, 1.82) is 0 Å². The van der Waals surface area contributed by atoms with Gasteiger partial charge in [-0.15, -0.1) is 0 Å². The van der Waals surface area contributed by atoms with Crippen molar-refractivity contribution in [2.24, 2.45) is 0 Å². The molecular formula is C18H20N2O3. The lowest BCUT2D eigenvalue weighted by Crippen LogP contribution is -2.44. The Morgan fingerprint density at radius 3 is 2.17 bits per heavy atom. The molecule has 2 aromatic rings. The molecule has 120 valence electrons. The van der Waals surface area contributed by atoms with E-state index in [0.29, 0.717) is 12.0 Å². The van der Waals surface area contributed by atoms with E-state index in [9.17, 15) is 14.7 Å². The number of aliphatic hydroxyl groups excluding tert-OH is 1. The van der Waals surface area contributed by atoms with Gasteiger partial charge in [0.25, 0.3) is 5.91 Å². The summed E-state index contributed by atoms with van der Waals surface area (Å²) in [6, 6.07) is 17.9. The monoisotopic (exact) mass is 312 g/mol. The number of carbonyl (C=O) groups is 2. The van der Waals surface area contributed by atoms with E-state index in [-0.39, 0.29) is 31.0 Å². The summed E-state index contributed by atoms with van der Waals surface area (Å²) in [5, 5.41) is 14.7. The van der Waals surface area contributed by atoms with Gasteiger partial charge in [-0.2, -0.15) is 0 Å². The quantitative estimate of drug-likeness (QED) is 0.717. The Kier molecular flexibility index (Phi) is 6.32. The molecule has 0 aromatic heterocycles. The molecule has 0 saturated carbocycles. The second-order valence-electron chi connectivity index (χ2n) is 5.19. The van der Waals surface area contributed by atoms with E-state index >= 15 is 0 Å². The van der Waals surface area contributed by atoms with Crippen LogP contribution in [0.3, 0.4) is 0 Å². The molecule has 0 fully saturated rings. The van der Waals surface area contributed by atoms with Crippen LogP contribution in [0.25, 0.3) is 0 Å². The average molecular weight is 312 g/mol. The largest absolute Gasteiger partial charge is 0.394 e. The molecule has 1 unspecified atom stereocenters. The predicted molar refractivity (Wildman–Crippen MR) is 87.9 cm³/mol. The summed E-state index contributed by atoms with van der Waals surface area (Å²) >= 11 is 0. The van der Waals surface area contributed by atoms with E-state index < -0.39 is 0 Å². The standard InChI is InChI=1S/C18H20N2O3/c21-13-16(11-14-7-3-1-4-8-14)20-17(22)12-19-18(23)15-9-5-2-6-10-15/h1-10,16,21H,11-13H2,(H,19,23)(H,20,22). The maximum atomic E-state index is 11.9. The van der Waals surface area contributed by atoms with Crippen LogP contribution in [-0.2, 0) is 11.2 Å². The molecule has 2 rings (SSSR count). The molecule has 5 nitrogen and oxygen atoms in total. The van der Waals surface area contributed by atoms with Crippen LogP contribution in [0.2, 0.25) is 0 Å². The van der Waals surface area contributed by atoms with Crippen LogP contribution in [-0.4, -0.2) is 36.1 Å². The second-order valence-corrected chi connectivity index (χ2v) is 5.19. The second kappa shape index (κ2) is 8.70. The van der Waals surface area contributed by atoms with Gasteiger partial charge in [-0.25, -0.2) is 0 Å². The van der Waals surface area contributed by atoms with Crippen molar-refractivity contribution in [2.45, 2.75) is 12.5 Å². The Bertz CT molecular complexity index is 629. The highest BCUT2D eigenvalue weighted by atomic mass is 16.3. The van der Waals surface area contributed by atoms with Crippen LogP contribution in [0.15, 0.2) is 60.7 Å². The van der Waals surface area contributed by atoms with Gasteiger partial charge in [0, 0.05) is 5.56 Å². The van der Waals surface area contributed by atoms with Gasteiger partial charge in [0.05, 0.1) is 19.2 Å². The van der Waals surface area contributed by atoms with Gasteiger partial charge in [-0.3, -0.25) is 9.59 Å². The van der Waals surface area contributed by atoms with E-state index in [1.54, 1.807) is 24.3 Å². The molecule has 0 radical (unpaired) electrons. The summed E-state index contributed by atoms with van der Waals surface area (Å²) in [7, 11) is 0.